The van der Waals surface area contributed by atoms with Crippen LogP contribution in [0.15, 0.2) is 24.3 Å². The van der Waals surface area contributed by atoms with Gasteiger partial charge in [0.05, 0.1) is 13.2 Å². The topological polar surface area (TPSA) is 52.6 Å². The van der Waals surface area contributed by atoms with Crippen molar-refractivity contribution in [2.24, 2.45) is 5.92 Å². The van der Waals surface area contributed by atoms with Crippen LogP contribution in [0.3, 0.4) is 0 Å². The maximum Gasteiger partial charge on any atom is 0.333 e. The van der Waals surface area contributed by atoms with Gasteiger partial charge >= 0.3 is 11.9 Å². The number of hydrogen-bond donors (Lipinski definition) is 0. The summed E-state index contributed by atoms with van der Waals surface area (Å²) in [4.78, 5) is 22.4. The molecule has 0 saturated carbocycles. The molecule has 0 aliphatic rings. The summed E-state index contributed by atoms with van der Waals surface area (Å²) in [6, 6.07) is 0. The van der Waals surface area contributed by atoms with E-state index in [0.29, 0.717) is 30.3 Å². The van der Waals surface area contributed by atoms with Crippen LogP contribution in [-0.4, -0.2) is 25.2 Å². The number of esters is 2. The minimum atomic E-state index is -0.339. The number of ether oxygens (including phenoxy) is 2. The Bertz CT molecular complexity index is 357. The predicted molar refractivity (Wildman–Crippen MR) is 79.2 cm³/mol. The summed E-state index contributed by atoms with van der Waals surface area (Å²) < 4.78 is 10.1. The van der Waals surface area contributed by atoms with E-state index in [1.807, 2.05) is 0 Å². The average Bonchev–Trinajstić information content (AvgIpc) is 2.40. The van der Waals surface area contributed by atoms with Gasteiger partial charge in [-0.05, 0) is 39.0 Å². The second-order valence-corrected chi connectivity index (χ2v) is 5.04. The molecule has 0 aromatic rings. The van der Waals surface area contributed by atoms with Crippen LogP contribution < -0.4 is 0 Å². The van der Waals surface area contributed by atoms with Crippen LogP contribution in [-0.2, 0) is 19.1 Å². The Morgan fingerprint density at radius 2 is 1.45 bits per heavy atom. The smallest absolute Gasteiger partial charge is 0.333 e. The molecule has 0 spiro atoms. The normalized spacial score (nSPS) is 11.6. The van der Waals surface area contributed by atoms with Gasteiger partial charge in [0.1, 0.15) is 0 Å². The fourth-order valence-corrected chi connectivity index (χ4v) is 1.65. The molecule has 1 unspecified atom stereocenters. The zero-order chi connectivity index (χ0) is 15.5. The van der Waals surface area contributed by atoms with E-state index in [4.69, 9.17) is 9.47 Å². The standard InChI is InChI=1S/C16H26O4/c1-6-14(9-11-20-16(18)13(4)5)8-7-10-19-15(17)12(2)3/h14H,2,4,6-11H2,1,3,5H3. The lowest BCUT2D eigenvalue weighted by Crippen LogP contribution is -2.11. The Morgan fingerprint density at radius 3 is 1.90 bits per heavy atom. The summed E-state index contributed by atoms with van der Waals surface area (Å²) in [5.41, 5.74) is 0.841. The molecule has 0 fully saturated rings. The van der Waals surface area contributed by atoms with E-state index in [1.54, 1.807) is 13.8 Å². The fraction of sp³-hybridized carbons (Fsp3) is 0.625. The SMILES string of the molecule is C=C(C)C(=O)OCCCC(CC)CCOC(=O)C(=C)C. The van der Waals surface area contributed by atoms with Crippen molar-refractivity contribution in [3.8, 4) is 0 Å². The third-order valence-electron chi connectivity index (χ3n) is 3.02. The molecule has 0 rings (SSSR count). The number of hydrogen-bond acceptors (Lipinski definition) is 4. The Labute approximate surface area is 121 Å². The lowest BCUT2D eigenvalue weighted by Gasteiger charge is -2.14. The van der Waals surface area contributed by atoms with Crippen LogP contribution in [0, 0.1) is 5.92 Å². The molecule has 20 heavy (non-hydrogen) atoms. The minimum Gasteiger partial charge on any atom is -0.462 e. The molecule has 0 aliphatic heterocycles. The monoisotopic (exact) mass is 282 g/mol. The van der Waals surface area contributed by atoms with Gasteiger partial charge in [0.25, 0.3) is 0 Å². The van der Waals surface area contributed by atoms with Gasteiger partial charge in [0.15, 0.2) is 0 Å². The van der Waals surface area contributed by atoms with Gasteiger partial charge < -0.3 is 9.47 Å². The van der Waals surface area contributed by atoms with E-state index >= 15 is 0 Å². The number of carbonyl (C=O) groups excluding carboxylic acids is 2. The molecule has 0 amide bonds. The largest absolute Gasteiger partial charge is 0.462 e. The Hall–Kier alpha value is -1.58. The lowest BCUT2D eigenvalue weighted by atomic mass is 9.97. The molecule has 0 radical (unpaired) electrons. The molecule has 114 valence electrons. The van der Waals surface area contributed by atoms with Crippen LogP contribution in [0.1, 0.15) is 46.5 Å². The zero-order valence-electron chi connectivity index (χ0n) is 12.9. The van der Waals surface area contributed by atoms with Gasteiger partial charge in [-0.2, -0.15) is 0 Å². The minimum absolute atomic E-state index is 0.338. The highest BCUT2D eigenvalue weighted by molar-refractivity contribution is 5.87. The molecular weight excluding hydrogens is 256 g/mol. The van der Waals surface area contributed by atoms with Gasteiger partial charge in [0.2, 0.25) is 0 Å². The molecule has 4 nitrogen and oxygen atoms in total. The highest BCUT2D eigenvalue weighted by Gasteiger charge is 2.10. The van der Waals surface area contributed by atoms with Gasteiger partial charge in [-0.25, -0.2) is 9.59 Å². The summed E-state index contributed by atoms with van der Waals surface area (Å²) in [5, 5.41) is 0. The van der Waals surface area contributed by atoms with Crippen LogP contribution in [0.4, 0.5) is 0 Å². The molecule has 0 saturated heterocycles. The van der Waals surface area contributed by atoms with Crippen LogP contribution in [0.25, 0.3) is 0 Å². The maximum atomic E-state index is 11.2. The van der Waals surface area contributed by atoms with E-state index in [9.17, 15) is 9.59 Å². The quantitative estimate of drug-likeness (QED) is 0.350. The van der Waals surface area contributed by atoms with Crippen LogP contribution in [0.5, 0.6) is 0 Å². The highest BCUT2D eigenvalue weighted by Crippen LogP contribution is 2.16. The van der Waals surface area contributed by atoms with E-state index in [-0.39, 0.29) is 11.9 Å². The van der Waals surface area contributed by atoms with Crippen molar-refractivity contribution in [2.45, 2.75) is 46.5 Å². The maximum absolute atomic E-state index is 11.2. The zero-order valence-corrected chi connectivity index (χ0v) is 12.9. The second kappa shape index (κ2) is 10.2. The van der Waals surface area contributed by atoms with Crippen molar-refractivity contribution >= 4 is 11.9 Å². The molecule has 0 bridgehead atoms. The average molecular weight is 282 g/mol. The van der Waals surface area contributed by atoms with Gasteiger partial charge in [0, 0.05) is 11.1 Å². The van der Waals surface area contributed by atoms with Crippen molar-refractivity contribution in [1.29, 1.82) is 0 Å². The molecule has 0 N–H and O–H groups in total. The van der Waals surface area contributed by atoms with Crippen molar-refractivity contribution < 1.29 is 19.1 Å². The van der Waals surface area contributed by atoms with Crippen molar-refractivity contribution in [3.05, 3.63) is 24.3 Å². The summed E-state index contributed by atoms with van der Waals surface area (Å²) in [6.07, 6.45) is 3.60. The van der Waals surface area contributed by atoms with Crippen molar-refractivity contribution in [2.75, 3.05) is 13.2 Å². The second-order valence-electron chi connectivity index (χ2n) is 5.04. The number of rotatable bonds is 10. The summed E-state index contributed by atoms with van der Waals surface area (Å²) in [7, 11) is 0. The molecule has 0 aromatic heterocycles. The van der Waals surface area contributed by atoms with Gasteiger partial charge in [-0.3, -0.25) is 0 Å². The summed E-state index contributed by atoms with van der Waals surface area (Å²) >= 11 is 0. The van der Waals surface area contributed by atoms with E-state index in [0.717, 1.165) is 25.7 Å². The lowest BCUT2D eigenvalue weighted by molar-refractivity contribution is -0.140. The van der Waals surface area contributed by atoms with Gasteiger partial charge in [-0.15, -0.1) is 0 Å². The van der Waals surface area contributed by atoms with Crippen molar-refractivity contribution in [1.82, 2.24) is 0 Å². The summed E-state index contributed by atoms with van der Waals surface area (Å²) in [5.74, 6) is -0.208. The number of carbonyl (C=O) groups is 2. The fourth-order valence-electron chi connectivity index (χ4n) is 1.65. The summed E-state index contributed by atoms with van der Waals surface area (Å²) in [6.45, 7) is 13.3. The molecule has 1 atom stereocenters. The Morgan fingerprint density at radius 1 is 0.950 bits per heavy atom. The first-order valence-corrected chi connectivity index (χ1v) is 7.03. The Balaban J connectivity index is 3.77. The molecular formula is C16H26O4. The first-order valence-electron chi connectivity index (χ1n) is 7.03. The molecule has 0 aromatic carbocycles. The van der Waals surface area contributed by atoms with Crippen LogP contribution in [0.2, 0.25) is 0 Å². The van der Waals surface area contributed by atoms with Crippen molar-refractivity contribution in [3.63, 3.8) is 0 Å². The molecule has 4 heteroatoms. The molecule has 0 aliphatic carbocycles. The van der Waals surface area contributed by atoms with E-state index < -0.39 is 0 Å². The molecule has 0 heterocycles. The third-order valence-corrected chi connectivity index (χ3v) is 3.02. The highest BCUT2D eigenvalue weighted by atomic mass is 16.5. The van der Waals surface area contributed by atoms with Gasteiger partial charge in [-0.1, -0.05) is 26.5 Å². The van der Waals surface area contributed by atoms with E-state index in [2.05, 4.69) is 20.1 Å². The Kier molecular flexibility index (Phi) is 9.43. The first-order chi connectivity index (χ1) is 9.38. The van der Waals surface area contributed by atoms with Crippen LogP contribution >= 0.6 is 0 Å². The predicted octanol–water partition coefficient (Wildman–Crippen LogP) is 3.42. The van der Waals surface area contributed by atoms with E-state index in [1.165, 1.54) is 0 Å². The first kappa shape index (κ1) is 18.4. The third kappa shape index (κ3) is 8.51.